The number of alkyl halides is 2. The van der Waals surface area contributed by atoms with Crippen LogP contribution in [0.2, 0.25) is 0 Å². The van der Waals surface area contributed by atoms with Crippen LogP contribution in [0, 0.1) is 0 Å². The summed E-state index contributed by atoms with van der Waals surface area (Å²) in [6.07, 6.45) is -1.25. The van der Waals surface area contributed by atoms with Crippen molar-refractivity contribution < 1.29 is 27.9 Å². The Morgan fingerprint density at radius 2 is 1.71 bits per heavy atom. The van der Waals surface area contributed by atoms with Gasteiger partial charge in [0, 0.05) is 28.3 Å². The Hall–Kier alpha value is -2.81. The van der Waals surface area contributed by atoms with E-state index in [1.807, 2.05) is 0 Å². The van der Waals surface area contributed by atoms with Crippen molar-refractivity contribution >= 4 is 39.4 Å². The molecule has 0 spiro atoms. The third-order valence-electron chi connectivity index (χ3n) is 4.83. The van der Waals surface area contributed by atoms with Crippen LogP contribution in [0.4, 0.5) is 19.3 Å². The monoisotopic (exact) mass is 494 g/mol. The average molecular weight is 495 g/mol. The van der Waals surface area contributed by atoms with Gasteiger partial charge in [-0.1, -0.05) is 46.3 Å². The van der Waals surface area contributed by atoms with E-state index in [-0.39, 0.29) is 16.8 Å². The number of hydrogen-bond acceptors (Lipinski definition) is 4. The van der Waals surface area contributed by atoms with E-state index in [2.05, 4.69) is 21.2 Å². The molecule has 0 radical (unpaired) electrons. The second-order valence-electron chi connectivity index (χ2n) is 8.17. The highest BCUT2D eigenvalue weighted by Gasteiger charge is 2.70. The Balaban J connectivity index is 2.24. The van der Waals surface area contributed by atoms with E-state index in [0.717, 1.165) is 4.90 Å². The zero-order valence-electron chi connectivity index (χ0n) is 17.3. The second kappa shape index (κ2) is 7.71. The average Bonchev–Trinajstić information content (AvgIpc) is 2.89. The summed E-state index contributed by atoms with van der Waals surface area (Å²) in [5.41, 5.74) is -4.37. The van der Waals surface area contributed by atoms with Gasteiger partial charge in [0.15, 0.2) is 0 Å². The van der Waals surface area contributed by atoms with E-state index in [1.54, 1.807) is 32.9 Å². The van der Waals surface area contributed by atoms with Gasteiger partial charge < -0.3 is 9.64 Å². The van der Waals surface area contributed by atoms with Gasteiger partial charge in [0.05, 0.1) is 0 Å². The molecule has 2 aromatic carbocycles. The SMILES string of the molecule is CN1C(=O)C(NC(=O)OC(C)(C)C)(C(F)(F)C(=O)c2ccccc2)c2cc(Br)ccc21. The van der Waals surface area contributed by atoms with Crippen molar-refractivity contribution in [3.05, 3.63) is 64.1 Å². The Bertz CT molecular complexity index is 1050. The number of carbonyl (C=O) groups excluding carboxylic acids is 3. The van der Waals surface area contributed by atoms with Gasteiger partial charge in [-0.05, 0) is 39.0 Å². The van der Waals surface area contributed by atoms with Crippen molar-refractivity contribution in [1.82, 2.24) is 5.32 Å². The van der Waals surface area contributed by atoms with E-state index in [0.29, 0.717) is 4.47 Å². The lowest BCUT2D eigenvalue weighted by Gasteiger charge is -2.36. The summed E-state index contributed by atoms with van der Waals surface area (Å²) < 4.78 is 37.6. The molecule has 164 valence electrons. The number of fused-ring (bicyclic) bond motifs is 1. The van der Waals surface area contributed by atoms with Crippen LogP contribution in [0.1, 0.15) is 36.7 Å². The molecule has 1 atom stereocenters. The number of amides is 2. The van der Waals surface area contributed by atoms with Crippen molar-refractivity contribution in [3.63, 3.8) is 0 Å². The minimum Gasteiger partial charge on any atom is -0.444 e. The highest BCUT2D eigenvalue weighted by molar-refractivity contribution is 9.10. The maximum absolute atomic E-state index is 16.0. The van der Waals surface area contributed by atoms with E-state index in [4.69, 9.17) is 4.74 Å². The summed E-state index contributed by atoms with van der Waals surface area (Å²) in [4.78, 5) is 39.8. The molecule has 0 bridgehead atoms. The number of hydrogen-bond donors (Lipinski definition) is 1. The fraction of sp³-hybridized carbons (Fsp3) is 0.318. The van der Waals surface area contributed by atoms with E-state index < -0.39 is 34.8 Å². The summed E-state index contributed by atoms with van der Waals surface area (Å²) in [7, 11) is 1.30. The second-order valence-corrected chi connectivity index (χ2v) is 9.09. The van der Waals surface area contributed by atoms with Gasteiger partial charge in [0.2, 0.25) is 11.3 Å². The van der Waals surface area contributed by atoms with E-state index >= 15 is 8.78 Å². The third-order valence-corrected chi connectivity index (χ3v) is 5.32. The number of halogens is 3. The first-order valence-electron chi connectivity index (χ1n) is 9.38. The van der Waals surface area contributed by atoms with Gasteiger partial charge in [-0.3, -0.25) is 14.9 Å². The molecular formula is C22H21BrF2N2O4. The Morgan fingerprint density at radius 3 is 2.29 bits per heavy atom. The molecule has 3 rings (SSSR count). The number of rotatable bonds is 4. The lowest BCUT2D eigenvalue weighted by Crippen LogP contribution is -2.66. The van der Waals surface area contributed by atoms with Crippen LogP contribution in [-0.2, 0) is 15.1 Å². The van der Waals surface area contributed by atoms with Gasteiger partial charge in [-0.2, -0.15) is 8.78 Å². The number of likely N-dealkylation sites (N-methyl/N-ethyl adjacent to an activating group) is 1. The molecule has 0 aliphatic carbocycles. The lowest BCUT2D eigenvalue weighted by atomic mass is 9.81. The maximum atomic E-state index is 16.0. The molecule has 0 fully saturated rings. The molecule has 1 heterocycles. The first kappa shape index (κ1) is 22.9. The lowest BCUT2D eigenvalue weighted by molar-refractivity contribution is -0.138. The predicted molar refractivity (Wildman–Crippen MR) is 114 cm³/mol. The molecule has 6 nitrogen and oxygen atoms in total. The van der Waals surface area contributed by atoms with Gasteiger partial charge in [0.1, 0.15) is 5.60 Å². The number of ether oxygens (including phenoxy) is 1. The number of nitrogens with zero attached hydrogens (tertiary/aromatic N) is 1. The van der Waals surface area contributed by atoms with Crippen LogP contribution in [0.25, 0.3) is 0 Å². The van der Waals surface area contributed by atoms with Crippen molar-refractivity contribution in [1.29, 1.82) is 0 Å². The van der Waals surface area contributed by atoms with Crippen molar-refractivity contribution in [2.75, 3.05) is 11.9 Å². The molecule has 1 N–H and O–H groups in total. The van der Waals surface area contributed by atoms with Crippen LogP contribution in [-0.4, -0.2) is 36.4 Å². The van der Waals surface area contributed by atoms with Crippen molar-refractivity contribution in [2.45, 2.75) is 37.8 Å². The standard InChI is InChI=1S/C22H21BrF2N2O4/c1-20(2,3)31-19(30)26-21(22(24,25)17(28)13-8-6-5-7-9-13)15-12-14(23)10-11-16(15)27(4)18(21)29/h5-12H,1-4H3,(H,26,30). The molecule has 1 unspecified atom stereocenters. The zero-order valence-corrected chi connectivity index (χ0v) is 18.9. The predicted octanol–water partition coefficient (Wildman–Crippen LogP) is 4.66. The number of carbonyl (C=O) groups is 3. The Kier molecular flexibility index (Phi) is 5.69. The van der Waals surface area contributed by atoms with E-state index in [9.17, 15) is 14.4 Å². The number of benzene rings is 2. The van der Waals surface area contributed by atoms with Gasteiger partial charge in [-0.25, -0.2) is 4.79 Å². The van der Waals surface area contributed by atoms with Crippen LogP contribution < -0.4 is 10.2 Å². The molecular weight excluding hydrogens is 474 g/mol. The highest BCUT2D eigenvalue weighted by atomic mass is 79.9. The number of alkyl carbamates (subject to hydrolysis) is 1. The fourth-order valence-corrected chi connectivity index (χ4v) is 3.84. The molecule has 1 aliphatic rings. The van der Waals surface area contributed by atoms with Gasteiger partial charge in [0.25, 0.3) is 5.91 Å². The minimum atomic E-state index is -4.33. The van der Waals surface area contributed by atoms with Gasteiger partial charge >= 0.3 is 12.0 Å². The third kappa shape index (κ3) is 3.82. The van der Waals surface area contributed by atoms with Crippen LogP contribution >= 0.6 is 15.9 Å². The molecule has 1 aliphatic heterocycles. The number of ketones is 1. The largest absolute Gasteiger partial charge is 0.444 e. The molecule has 9 heteroatoms. The molecule has 2 aromatic rings. The van der Waals surface area contributed by atoms with Crippen molar-refractivity contribution in [2.24, 2.45) is 0 Å². The quantitative estimate of drug-likeness (QED) is 0.627. The molecule has 0 aromatic heterocycles. The highest BCUT2D eigenvalue weighted by Crippen LogP contribution is 2.50. The van der Waals surface area contributed by atoms with Crippen LogP contribution in [0.3, 0.4) is 0 Å². The summed E-state index contributed by atoms with van der Waals surface area (Å²) in [5.74, 6) is -7.08. The first-order chi connectivity index (χ1) is 14.3. The minimum absolute atomic E-state index is 0.143. The zero-order chi connectivity index (χ0) is 23.2. The van der Waals surface area contributed by atoms with Crippen molar-refractivity contribution in [3.8, 4) is 0 Å². The molecule has 2 amide bonds. The van der Waals surface area contributed by atoms with Crippen LogP contribution in [0.15, 0.2) is 53.0 Å². The fourth-order valence-electron chi connectivity index (χ4n) is 3.48. The number of Topliss-reactive ketones (excluding diaryl/α,β-unsaturated/α-hetero) is 1. The maximum Gasteiger partial charge on any atom is 0.408 e. The summed E-state index contributed by atoms with van der Waals surface area (Å²) in [5, 5.41) is 2.06. The van der Waals surface area contributed by atoms with E-state index in [1.165, 1.54) is 43.4 Å². The summed E-state index contributed by atoms with van der Waals surface area (Å²) in [6, 6.07) is 11.2. The first-order valence-corrected chi connectivity index (χ1v) is 10.2. The Labute approximate surface area is 186 Å². The summed E-state index contributed by atoms with van der Waals surface area (Å²) in [6.45, 7) is 4.67. The van der Waals surface area contributed by atoms with Gasteiger partial charge in [-0.15, -0.1) is 0 Å². The smallest absolute Gasteiger partial charge is 0.408 e. The molecule has 31 heavy (non-hydrogen) atoms. The molecule has 0 saturated heterocycles. The topological polar surface area (TPSA) is 75.7 Å². The Morgan fingerprint density at radius 1 is 1.10 bits per heavy atom. The number of anilines is 1. The number of nitrogens with one attached hydrogen (secondary N) is 1. The normalized spacial score (nSPS) is 18.5. The van der Waals surface area contributed by atoms with Crippen LogP contribution in [0.5, 0.6) is 0 Å². The molecule has 0 saturated carbocycles. The summed E-state index contributed by atoms with van der Waals surface area (Å²) >= 11 is 3.22.